The first kappa shape index (κ1) is 16.9. The van der Waals surface area contributed by atoms with Gasteiger partial charge in [-0.3, -0.25) is 4.79 Å². The van der Waals surface area contributed by atoms with Crippen LogP contribution in [0.5, 0.6) is 0 Å². The fourth-order valence-corrected chi connectivity index (χ4v) is 4.69. The maximum absolute atomic E-state index is 13.2. The quantitative estimate of drug-likeness (QED) is 0.874. The van der Waals surface area contributed by atoms with Crippen molar-refractivity contribution in [3.8, 4) is 0 Å². The van der Waals surface area contributed by atoms with E-state index >= 15 is 0 Å². The van der Waals surface area contributed by atoms with Gasteiger partial charge in [0, 0.05) is 33.1 Å². The van der Waals surface area contributed by atoms with Crippen molar-refractivity contribution >= 4 is 23.0 Å². The Bertz CT molecular complexity index is 867. The topological polar surface area (TPSA) is 95.6 Å². The molecule has 4 heterocycles. The number of aromatic nitrogens is 3. The molecule has 8 heteroatoms. The Kier molecular flexibility index (Phi) is 3.86. The molecule has 5 rings (SSSR count). The molecule has 2 aromatic rings. The molecular weight excluding hydrogens is 346 g/mol. The van der Waals surface area contributed by atoms with E-state index in [1.54, 1.807) is 6.92 Å². The SMILES string of the molecule is Cc1nc2c(N3CCC4(CC3)CC(O)CN(CC3CC3)C4=O)ncnc2o1. The first-order chi connectivity index (χ1) is 13.0. The summed E-state index contributed by atoms with van der Waals surface area (Å²) < 4.78 is 5.51. The Morgan fingerprint density at radius 3 is 2.81 bits per heavy atom. The first-order valence-corrected chi connectivity index (χ1v) is 9.85. The van der Waals surface area contributed by atoms with Crippen LogP contribution in [0.3, 0.4) is 0 Å². The number of amides is 1. The second-order valence-electron chi connectivity index (χ2n) is 8.36. The molecule has 0 radical (unpaired) electrons. The van der Waals surface area contributed by atoms with Crippen LogP contribution in [0.15, 0.2) is 10.7 Å². The van der Waals surface area contributed by atoms with E-state index in [0.717, 1.165) is 25.2 Å². The summed E-state index contributed by atoms with van der Waals surface area (Å²) in [6, 6.07) is 0. The van der Waals surface area contributed by atoms with E-state index in [2.05, 4.69) is 19.9 Å². The maximum Gasteiger partial charge on any atom is 0.252 e. The normalized spacial score (nSPS) is 25.6. The summed E-state index contributed by atoms with van der Waals surface area (Å²) in [5, 5.41) is 10.4. The van der Waals surface area contributed by atoms with Crippen molar-refractivity contribution in [2.24, 2.45) is 11.3 Å². The van der Waals surface area contributed by atoms with Crippen LogP contribution in [-0.2, 0) is 4.79 Å². The maximum atomic E-state index is 13.2. The number of rotatable bonds is 3. The van der Waals surface area contributed by atoms with Crippen molar-refractivity contribution in [2.45, 2.75) is 45.1 Å². The fraction of sp³-hybridized carbons (Fsp3) is 0.684. The summed E-state index contributed by atoms with van der Waals surface area (Å²) in [5.41, 5.74) is 0.739. The zero-order valence-electron chi connectivity index (χ0n) is 15.6. The Morgan fingerprint density at radius 1 is 1.30 bits per heavy atom. The van der Waals surface area contributed by atoms with Crippen molar-refractivity contribution in [3.05, 3.63) is 12.2 Å². The zero-order chi connectivity index (χ0) is 18.6. The average Bonchev–Trinajstić information content (AvgIpc) is 3.37. The first-order valence-electron chi connectivity index (χ1n) is 9.85. The minimum absolute atomic E-state index is 0.240. The van der Waals surface area contributed by atoms with Gasteiger partial charge in [-0.2, -0.15) is 4.98 Å². The Balaban J connectivity index is 1.36. The van der Waals surface area contributed by atoms with Gasteiger partial charge >= 0.3 is 0 Å². The van der Waals surface area contributed by atoms with Gasteiger partial charge in [0.1, 0.15) is 6.33 Å². The van der Waals surface area contributed by atoms with E-state index in [9.17, 15) is 9.90 Å². The molecular formula is C19H25N5O3. The lowest BCUT2D eigenvalue weighted by Gasteiger charge is -2.48. The highest BCUT2D eigenvalue weighted by Crippen LogP contribution is 2.43. The number of nitrogens with zero attached hydrogens (tertiary/aromatic N) is 5. The van der Waals surface area contributed by atoms with E-state index < -0.39 is 11.5 Å². The van der Waals surface area contributed by atoms with Gasteiger partial charge in [-0.15, -0.1) is 0 Å². The monoisotopic (exact) mass is 371 g/mol. The molecule has 1 amide bonds. The number of aryl methyl sites for hydroxylation is 1. The summed E-state index contributed by atoms with van der Waals surface area (Å²) in [6.07, 6.45) is 5.53. The van der Waals surface area contributed by atoms with Crippen LogP contribution in [-0.4, -0.2) is 63.1 Å². The molecule has 2 aliphatic heterocycles. The third-order valence-corrected chi connectivity index (χ3v) is 6.28. The molecule has 1 atom stereocenters. The van der Waals surface area contributed by atoms with Crippen LogP contribution in [0.2, 0.25) is 0 Å². The molecule has 3 aliphatic rings. The van der Waals surface area contributed by atoms with Crippen LogP contribution >= 0.6 is 0 Å². The average molecular weight is 371 g/mol. The third kappa shape index (κ3) is 2.96. The van der Waals surface area contributed by atoms with E-state index in [1.807, 2.05) is 4.90 Å². The van der Waals surface area contributed by atoms with E-state index in [-0.39, 0.29) is 5.91 Å². The van der Waals surface area contributed by atoms with Crippen LogP contribution in [0.4, 0.5) is 5.82 Å². The molecule has 1 aliphatic carbocycles. The van der Waals surface area contributed by atoms with Gasteiger partial charge in [0.15, 0.2) is 17.2 Å². The molecule has 2 aromatic heterocycles. The molecule has 1 unspecified atom stereocenters. The molecule has 3 fully saturated rings. The van der Waals surface area contributed by atoms with Crippen LogP contribution in [0.1, 0.15) is 38.0 Å². The summed E-state index contributed by atoms with van der Waals surface area (Å²) in [5.74, 6) is 2.22. The van der Waals surface area contributed by atoms with Gasteiger partial charge in [-0.05, 0) is 38.0 Å². The molecule has 8 nitrogen and oxygen atoms in total. The number of hydrogen-bond acceptors (Lipinski definition) is 7. The predicted molar refractivity (Wildman–Crippen MR) is 98.1 cm³/mol. The fourth-order valence-electron chi connectivity index (χ4n) is 4.69. The molecule has 0 aromatic carbocycles. The zero-order valence-corrected chi connectivity index (χ0v) is 15.6. The number of carbonyl (C=O) groups excluding carboxylic acids is 1. The Morgan fingerprint density at radius 2 is 2.07 bits per heavy atom. The third-order valence-electron chi connectivity index (χ3n) is 6.28. The van der Waals surface area contributed by atoms with Crippen molar-refractivity contribution in [2.75, 3.05) is 31.1 Å². The number of β-amino-alcohol motifs (C(OH)–C–C–N with tert-alkyl or cyclic N) is 1. The van der Waals surface area contributed by atoms with E-state index in [4.69, 9.17) is 4.42 Å². The number of hydrogen-bond donors (Lipinski definition) is 1. The van der Waals surface area contributed by atoms with Crippen molar-refractivity contribution in [1.29, 1.82) is 0 Å². The van der Waals surface area contributed by atoms with Gasteiger partial charge in [0.2, 0.25) is 5.91 Å². The lowest BCUT2D eigenvalue weighted by Crippen LogP contribution is -2.58. The largest absolute Gasteiger partial charge is 0.422 e. The number of aliphatic hydroxyl groups is 1. The van der Waals surface area contributed by atoms with Crippen molar-refractivity contribution < 1.29 is 14.3 Å². The second-order valence-corrected chi connectivity index (χ2v) is 8.36. The van der Waals surface area contributed by atoms with Gasteiger partial charge < -0.3 is 19.3 Å². The second kappa shape index (κ2) is 6.15. The highest BCUT2D eigenvalue weighted by molar-refractivity contribution is 5.85. The summed E-state index contributed by atoms with van der Waals surface area (Å²) >= 11 is 0. The number of likely N-dealkylation sites (tertiary alicyclic amines) is 1. The van der Waals surface area contributed by atoms with Gasteiger partial charge in [-0.25, -0.2) is 9.97 Å². The number of anilines is 1. The molecule has 0 bridgehead atoms. The highest BCUT2D eigenvalue weighted by Gasteiger charge is 2.49. The Labute approximate surface area is 157 Å². The molecule has 27 heavy (non-hydrogen) atoms. The highest BCUT2D eigenvalue weighted by atomic mass is 16.4. The van der Waals surface area contributed by atoms with Gasteiger partial charge in [-0.1, -0.05) is 0 Å². The minimum atomic E-state index is -0.436. The number of oxazole rings is 1. The van der Waals surface area contributed by atoms with E-state index in [1.165, 1.54) is 19.2 Å². The van der Waals surface area contributed by atoms with Crippen molar-refractivity contribution in [3.63, 3.8) is 0 Å². The lowest BCUT2D eigenvalue weighted by atomic mass is 9.70. The molecule has 2 saturated heterocycles. The standard InChI is InChI=1S/C19H25N5O3/c1-12-22-15-16(20-11-21-17(15)27-12)23-6-4-19(5-7-23)8-14(25)10-24(18(19)26)9-13-2-3-13/h11,13-14,25H,2-10H2,1H3. The van der Waals surface area contributed by atoms with Crippen molar-refractivity contribution in [1.82, 2.24) is 19.9 Å². The lowest BCUT2D eigenvalue weighted by molar-refractivity contribution is -0.154. The minimum Gasteiger partial charge on any atom is -0.422 e. The summed E-state index contributed by atoms with van der Waals surface area (Å²) in [6.45, 7) is 4.53. The van der Waals surface area contributed by atoms with E-state index in [0.29, 0.717) is 49.1 Å². The summed E-state index contributed by atoms with van der Waals surface area (Å²) in [4.78, 5) is 30.3. The van der Waals surface area contributed by atoms with Gasteiger partial charge in [0.25, 0.3) is 5.71 Å². The Hall–Kier alpha value is -2.22. The van der Waals surface area contributed by atoms with Crippen LogP contribution in [0, 0.1) is 18.3 Å². The van der Waals surface area contributed by atoms with Crippen LogP contribution in [0.25, 0.3) is 11.2 Å². The predicted octanol–water partition coefficient (Wildman–Crippen LogP) is 1.52. The molecule has 1 saturated carbocycles. The number of piperidine rings is 2. The molecule has 1 N–H and O–H groups in total. The number of aliphatic hydroxyl groups excluding tert-OH is 1. The summed E-state index contributed by atoms with van der Waals surface area (Å²) in [7, 11) is 0. The number of carbonyl (C=O) groups is 1. The van der Waals surface area contributed by atoms with Gasteiger partial charge in [0.05, 0.1) is 11.5 Å². The molecule has 1 spiro atoms. The molecule has 144 valence electrons. The smallest absolute Gasteiger partial charge is 0.252 e. The number of fused-ring (bicyclic) bond motifs is 1. The van der Waals surface area contributed by atoms with Crippen LogP contribution < -0.4 is 4.90 Å².